The maximum atomic E-state index is 12.4. The molecule has 4 aromatic rings. The first-order valence-electron chi connectivity index (χ1n) is 9.03. The molecule has 2 aromatic carbocycles. The fraction of sp³-hybridized carbons (Fsp3) is 0.100. The van der Waals surface area contributed by atoms with Gasteiger partial charge in [-0.25, -0.2) is 14.3 Å². The van der Waals surface area contributed by atoms with E-state index in [1.807, 2.05) is 24.3 Å². The van der Waals surface area contributed by atoms with Crippen LogP contribution in [0.5, 0.6) is 5.75 Å². The van der Waals surface area contributed by atoms with E-state index in [4.69, 9.17) is 27.9 Å². The molecule has 2 heterocycles. The third-order valence-corrected chi connectivity index (χ3v) is 5.14. The molecule has 0 saturated carbocycles. The highest BCUT2D eigenvalue weighted by Gasteiger charge is 2.13. The first-order chi connectivity index (χ1) is 15.0. The lowest BCUT2D eigenvalue weighted by Gasteiger charge is -2.08. The zero-order chi connectivity index (χ0) is 21.8. The lowest BCUT2D eigenvalue weighted by Crippen LogP contribution is -2.15. The molecule has 0 unspecified atom stereocenters. The number of carbonyl (C=O) groups excluding carboxylic acids is 1. The van der Waals surface area contributed by atoms with Gasteiger partial charge in [0.2, 0.25) is 5.95 Å². The molecule has 4 rings (SSSR count). The molecule has 11 heteroatoms. The van der Waals surface area contributed by atoms with Crippen molar-refractivity contribution in [1.82, 2.24) is 24.5 Å². The van der Waals surface area contributed by atoms with Crippen molar-refractivity contribution in [2.24, 2.45) is 0 Å². The summed E-state index contributed by atoms with van der Waals surface area (Å²) in [6.07, 6.45) is 3.16. The van der Waals surface area contributed by atoms with Crippen LogP contribution in [0.3, 0.4) is 0 Å². The average molecular weight is 522 g/mol. The van der Waals surface area contributed by atoms with Crippen LogP contribution >= 0.6 is 39.1 Å². The number of hydrogen-bond donors (Lipinski definition) is 1. The predicted octanol–water partition coefficient (Wildman–Crippen LogP) is 4.88. The molecule has 1 N–H and O–H groups in total. The Balaban J connectivity index is 1.34. The highest BCUT2D eigenvalue weighted by atomic mass is 79.9. The zero-order valence-corrected chi connectivity index (χ0v) is 19.0. The molecule has 158 valence electrons. The minimum Gasteiger partial charge on any atom is -0.470 e. The monoisotopic (exact) mass is 520 g/mol. The smallest absolute Gasteiger partial charge is 0.278 e. The van der Waals surface area contributed by atoms with Crippen LogP contribution in [0.4, 0.5) is 5.95 Å². The second-order valence-electron chi connectivity index (χ2n) is 6.44. The molecule has 0 bridgehead atoms. The number of nitrogens with zero attached hydrogens (tertiary/aromatic N) is 5. The van der Waals surface area contributed by atoms with Gasteiger partial charge in [-0.15, -0.1) is 5.10 Å². The number of carbonyl (C=O) groups is 1. The topological polar surface area (TPSA) is 86.9 Å². The highest BCUT2D eigenvalue weighted by molar-refractivity contribution is 9.10. The summed E-state index contributed by atoms with van der Waals surface area (Å²) in [6, 6.07) is 14.3. The van der Waals surface area contributed by atoms with Gasteiger partial charge in [-0.1, -0.05) is 51.3 Å². The van der Waals surface area contributed by atoms with Gasteiger partial charge >= 0.3 is 0 Å². The third kappa shape index (κ3) is 5.63. The van der Waals surface area contributed by atoms with Crippen LogP contribution < -0.4 is 10.1 Å². The lowest BCUT2D eigenvalue weighted by atomic mass is 10.2. The first-order valence-corrected chi connectivity index (χ1v) is 10.6. The van der Waals surface area contributed by atoms with Gasteiger partial charge in [-0.2, -0.15) is 5.10 Å². The van der Waals surface area contributed by atoms with Gasteiger partial charge in [0.15, 0.2) is 12.4 Å². The van der Waals surface area contributed by atoms with E-state index >= 15 is 0 Å². The molecule has 0 saturated heterocycles. The molecule has 0 spiro atoms. The van der Waals surface area contributed by atoms with Crippen molar-refractivity contribution in [3.8, 4) is 5.75 Å². The van der Waals surface area contributed by atoms with Crippen molar-refractivity contribution in [1.29, 1.82) is 0 Å². The van der Waals surface area contributed by atoms with Crippen molar-refractivity contribution < 1.29 is 9.53 Å². The number of ether oxygens (including phenoxy) is 1. The molecular formula is C20H15BrCl2N6O2. The summed E-state index contributed by atoms with van der Waals surface area (Å²) in [5, 5.41) is 12.2. The normalized spacial score (nSPS) is 10.8. The van der Waals surface area contributed by atoms with Crippen molar-refractivity contribution in [2.45, 2.75) is 13.3 Å². The molecule has 0 aliphatic heterocycles. The summed E-state index contributed by atoms with van der Waals surface area (Å²) in [5.74, 6) is 0.265. The molecule has 0 fully saturated rings. The third-order valence-electron chi connectivity index (χ3n) is 4.11. The Kier molecular flexibility index (Phi) is 6.55. The maximum Gasteiger partial charge on any atom is 0.278 e. The molecule has 1 amide bonds. The standard InChI is InChI=1S/C20H15BrCl2N6O2/c21-14-4-5-18(16(23)9-14)31-12-28-7-6-17(26-28)19(30)25-20-24-11-29(27-20)10-13-2-1-3-15(22)8-13/h1-9,11H,10,12H2,(H,25,27,30). The summed E-state index contributed by atoms with van der Waals surface area (Å²) in [7, 11) is 0. The van der Waals surface area contributed by atoms with E-state index in [2.05, 4.69) is 36.4 Å². The number of nitrogens with one attached hydrogen (secondary N) is 1. The SMILES string of the molecule is O=C(Nc1ncn(Cc2cccc(Cl)c2)n1)c1ccn(COc2ccc(Br)cc2Cl)n1. The van der Waals surface area contributed by atoms with Crippen LogP contribution in [0.15, 0.2) is 65.5 Å². The number of aromatic nitrogens is 5. The van der Waals surface area contributed by atoms with Gasteiger partial charge in [0.25, 0.3) is 5.91 Å². The number of hydrogen-bond acceptors (Lipinski definition) is 5. The number of rotatable bonds is 7. The molecular weight excluding hydrogens is 507 g/mol. The van der Waals surface area contributed by atoms with Gasteiger partial charge in [0.1, 0.15) is 12.1 Å². The zero-order valence-electron chi connectivity index (χ0n) is 15.9. The van der Waals surface area contributed by atoms with Crippen LogP contribution in [0.25, 0.3) is 0 Å². The van der Waals surface area contributed by atoms with E-state index < -0.39 is 5.91 Å². The molecule has 8 nitrogen and oxygen atoms in total. The van der Waals surface area contributed by atoms with Gasteiger partial charge in [0, 0.05) is 15.7 Å². The maximum absolute atomic E-state index is 12.4. The summed E-state index contributed by atoms with van der Waals surface area (Å²) in [4.78, 5) is 16.6. The molecule has 0 radical (unpaired) electrons. The van der Waals surface area contributed by atoms with Crippen LogP contribution in [0.2, 0.25) is 10.0 Å². The minimum absolute atomic E-state index is 0.0984. The van der Waals surface area contributed by atoms with Crippen LogP contribution in [-0.2, 0) is 13.3 Å². The predicted molar refractivity (Wildman–Crippen MR) is 121 cm³/mol. The van der Waals surface area contributed by atoms with E-state index in [9.17, 15) is 4.79 Å². The molecule has 0 aliphatic carbocycles. The van der Waals surface area contributed by atoms with Crippen LogP contribution in [0, 0.1) is 0 Å². The summed E-state index contributed by atoms with van der Waals surface area (Å²) >= 11 is 15.5. The second kappa shape index (κ2) is 9.51. The Morgan fingerprint density at radius 2 is 1.97 bits per heavy atom. The first kappa shape index (κ1) is 21.4. The van der Waals surface area contributed by atoms with Gasteiger partial charge < -0.3 is 4.74 Å². The highest BCUT2D eigenvalue weighted by Crippen LogP contribution is 2.27. The fourth-order valence-corrected chi connectivity index (χ4v) is 3.64. The summed E-state index contributed by atoms with van der Waals surface area (Å²) < 4.78 is 9.58. The van der Waals surface area contributed by atoms with Crippen molar-refractivity contribution in [3.05, 3.63) is 86.8 Å². The van der Waals surface area contributed by atoms with E-state index in [0.29, 0.717) is 22.3 Å². The lowest BCUT2D eigenvalue weighted by molar-refractivity contribution is 0.101. The molecule has 31 heavy (non-hydrogen) atoms. The Morgan fingerprint density at radius 1 is 1.10 bits per heavy atom. The van der Waals surface area contributed by atoms with E-state index in [0.717, 1.165) is 10.0 Å². The van der Waals surface area contributed by atoms with E-state index in [1.165, 1.54) is 11.0 Å². The Bertz CT molecular complexity index is 1230. The Labute approximate surface area is 195 Å². The average Bonchev–Trinajstić information content (AvgIpc) is 3.37. The quantitative estimate of drug-likeness (QED) is 0.374. The molecule has 2 aromatic heterocycles. The van der Waals surface area contributed by atoms with Gasteiger partial charge in [-0.05, 0) is 42.0 Å². The van der Waals surface area contributed by atoms with Gasteiger partial charge in [-0.3, -0.25) is 10.1 Å². The number of amides is 1. The van der Waals surface area contributed by atoms with Crippen molar-refractivity contribution >= 4 is 51.0 Å². The Morgan fingerprint density at radius 3 is 2.77 bits per heavy atom. The van der Waals surface area contributed by atoms with Gasteiger partial charge in [0.05, 0.1) is 11.6 Å². The Hall–Kier alpha value is -2.88. The molecule has 0 atom stereocenters. The number of anilines is 1. The van der Waals surface area contributed by atoms with E-state index in [1.54, 1.807) is 35.1 Å². The number of halogens is 3. The van der Waals surface area contributed by atoms with E-state index in [-0.39, 0.29) is 18.4 Å². The minimum atomic E-state index is -0.430. The van der Waals surface area contributed by atoms with Crippen LogP contribution in [0.1, 0.15) is 16.1 Å². The number of benzene rings is 2. The second-order valence-corrected chi connectivity index (χ2v) is 8.20. The summed E-state index contributed by atoms with van der Waals surface area (Å²) in [5.41, 5.74) is 1.18. The van der Waals surface area contributed by atoms with Crippen molar-refractivity contribution in [3.63, 3.8) is 0 Å². The molecule has 0 aliphatic rings. The summed E-state index contributed by atoms with van der Waals surface area (Å²) in [6.45, 7) is 0.579. The van der Waals surface area contributed by atoms with Crippen LogP contribution in [-0.4, -0.2) is 30.5 Å². The fourth-order valence-electron chi connectivity index (χ4n) is 2.70. The largest absolute Gasteiger partial charge is 0.470 e. The van der Waals surface area contributed by atoms with Crippen molar-refractivity contribution in [2.75, 3.05) is 5.32 Å².